The molecule has 0 aliphatic carbocycles. The van der Waals surface area contributed by atoms with Gasteiger partial charge in [-0.3, -0.25) is 9.59 Å². The first-order valence-corrected chi connectivity index (χ1v) is 6.89. The van der Waals surface area contributed by atoms with Gasteiger partial charge < -0.3 is 15.5 Å². The van der Waals surface area contributed by atoms with E-state index in [0.29, 0.717) is 18.9 Å². The van der Waals surface area contributed by atoms with Gasteiger partial charge in [-0.25, -0.2) is 0 Å². The Balaban J connectivity index is 0.00000180. The molecule has 2 amide bonds. The molecule has 2 rings (SSSR count). The number of hydrogen-bond acceptors (Lipinski definition) is 3. The van der Waals surface area contributed by atoms with Gasteiger partial charge in [0.1, 0.15) is 0 Å². The Hall–Kier alpha value is -0.810. The molecule has 5 nitrogen and oxygen atoms in total. The predicted octanol–water partition coefficient (Wildman–Crippen LogP) is 0.392. The van der Waals surface area contributed by atoms with Crippen LogP contribution < -0.4 is 10.6 Å². The highest BCUT2D eigenvalue weighted by Gasteiger charge is 2.31. The molecule has 0 aromatic rings. The maximum atomic E-state index is 11.9. The Bertz CT molecular complexity index is 319. The van der Waals surface area contributed by atoms with Gasteiger partial charge in [0.2, 0.25) is 11.8 Å². The van der Waals surface area contributed by atoms with E-state index in [9.17, 15) is 9.59 Å². The maximum absolute atomic E-state index is 11.9. The van der Waals surface area contributed by atoms with Crippen LogP contribution in [0.3, 0.4) is 0 Å². The monoisotopic (exact) mass is 289 g/mol. The van der Waals surface area contributed by atoms with Crippen LogP contribution in [0, 0.1) is 11.8 Å². The topological polar surface area (TPSA) is 61.4 Å². The van der Waals surface area contributed by atoms with Crippen molar-refractivity contribution in [3.63, 3.8) is 0 Å². The van der Waals surface area contributed by atoms with E-state index >= 15 is 0 Å². The van der Waals surface area contributed by atoms with Crippen LogP contribution in [-0.2, 0) is 9.59 Å². The van der Waals surface area contributed by atoms with Crippen LogP contribution >= 0.6 is 12.4 Å². The standard InChI is InChI=1S/C13H23N3O2.ClH/c1-16-9-11(7-12(16)17)13(18)15-6-4-10-3-2-5-14-8-10;/h10-11,14H,2-9H2,1H3,(H,15,18);1H. The Morgan fingerprint density at radius 2 is 2.32 bits per heavy atom. The van der Waals surface area contributed by atoms with Crippen molar-refractivity contribution >= 4 is 24.2 Å². The van der Waals surface area contributed by atoms with Gasteiger partial charge >= 0.3 is 0 Å². The smallest absolute Gasteiger partial charge is 0.225 e. The van der Waals surface area contributed by atoms with Crippen molar-refractivity contribution in [1.82, 2.24) is 15.5 Å². The van der Waals surface area contributed by atoms with Gasteiger partial charge in [0.25, 0.3) is 0 Å². The zero-order valence-electron chi connectivity index (χ0n) is 11.5. The lowest BCUT2D eigenvalue weighted by Gasteiger charge is -2.22. The number of likely N-dealkylation sites (tertiary alicyclic amines) is 1. The number of amides is 2. The summed E-state index contributed by atoms with van der Waals surface area (Å²) in [5.74, 6) is 0.655. The highest BCUT2D eigenvalue weighted by molar-refractivity contribution is 5.89. The molecule has 2 N–H and O–H groups in total. The molecule has 0 aromatic carbocycles. The number of rotatable bonds is 4. The Morgan fingerprint density at radius 1 is 1.53 bits per heavy atom. The first-order chi connectivity index (χ1) is 8.66. The van der Waals surface area contributed by atoms with Crippen molar-refractivity contribution < 1.29 is 9.59 Å². The third-order valence-corrected chi connectivity index (χ3v) is 3.96. The van der Waals surface area contributed by atoms with E-state index in [1.165, 1.54) is 12.8 Å². The number of nitrogens with one attached hydrogen (secondary N) is 2. The number of nitrogens with zero attached hydrogens (tertiary/aromatic N) is 1. The van der Waals surface area contributed by atoms with Gasteiger partial charge in [-0.1, -0.05) is 0 Å². The number of carbonyl (C=O) groups excluding carboxylic acids is 2. The van der Waals surface area contributed by atoms with Crippen molar-refractivity contribution in [2.75, 3.05) is 33.2 Å². The zero-order valence-corrected chi connectivity index (χ0v) is 12.3. The molecule has 2 heterocycles. The van der Waals surface area contributed by atoms with E-state index in [0.717, 1.165) is 26.1 Å². The van der Waals surface area contributed by atoms with E-state index in [1.807, 2.05) is 0 Å². The molecule has 0 aromatic heterocycles. The second kappa shape index (κ2) is 7.70. The lowest BCUT2D eigenvalue weighted by Crippen LogP contribution is -2.36. The summed E-state index contributed by atoms with van der Waals surface area (Å²) >= 11 is 0. The summed E-state index contributed by atoms with van der Waals surface area (Å²) in [6, 6.07) is 0. The van der Waals surface area contributed by atoms with Crippen LogP contribution in [0.25, 0.3) is 0 Å². The summed E-state index contributed by atoms with van der Waals surface area (Å²) in [7, 11) is 1.75. The van der Waals surface area contributed by atoms with Crippen molar-refractivity contribution in [3.8, 4) is 0 Å². The molecule has 2 fully saturated rings. The van der Waals surface area contributed by atoms with Gasteiger partial charge in [-0.15, -0.1) is 12.4 Å². The summed E-state index contributed by atoms with van der Waals surface area (Å²) in [5.41, 5.74) is 0. The van der Waals surface area contributed by atoms with Gasteiger partial charge in [-0.05, 0) is 38.3 Å². The van der Waals surface area contributed by atoms with E-state index < -0.39 is 0 Å². The fraction of sp³-hybridized carbons (Fsp3) is 0.846. The summed E-state index contributed by atoms with van der Waals surface area (Å²) in [6.45, 7) is 3.50. The first kappa shape index (κ1) is 16.2. The van der Waals surface area contributed by atoms with Crippen LogP contribution in [0.4, 0.5) is 0 Å². The molecule has 6 heteroatoms. The molecule has 0 saturated carbocycles. The summed E-state index contributed by atoms with van der Waals surface area (Å²) in [6.07, 6.45) is 3.90. The first-order valence-electron chi connectivity index (χ1n) is 6.89. The third kappa shape index (κ3) is 4.66. The molecular weight excluding hydrogens is 266 g/mol. The molecule has 0 bridgehead atoms. The molecule has 0 radical (unpaired) electrons. The molecule has 2 unspecified atom stereocenters. The van der Waals surface area contributed by atoms with Crippen molar-refractivity contribution in [1.29, 1.82) is 0 Å². The minimum Gasteiger partial charge on any atom is -0.356 e. The normalized spacial score (nSPS) is 27.0. The van der Waals surface area contributed by atoms with E-state index in [4.69, 9.17) is 0 Å². The van der Waals surface area contributed by atoms with Gasteiger partial charge in [-0.2, -0.15) is 0 Å². The third-order valence-electron chi connectivity index (χ3n) is 3.96. The molecule has 2 saturated heterocycles. The van der Waals surface area contributed by atoms with Gasteiger partial charge in [0.15, 0.2) is 0 Å². The number of carbonyl (C=O) groups is 2. The van der Waals surface area contributed by atoms with Gasteiger partial charge in [0, 0.05) is 26.6 Å². The Labute approximate surface area is 120 Å². The molecular formula is C13H24ClN3O2. The highest BCUT2D eigenvalue weighted by atomic mass is 35.5. The second-order valence-electron chi connectivity index (χ2n) is 5.47. The van der Waals surface area contributed by atoms with Crippen molar-refractivity contribution in [2.24, 2.45) is 11.8 Å². The van der Waals surface area contributed by atoms with Crippen molar-refractivity contribution in [3.05, 3.63) is 0 Å². The molecule has 2 aliphatic rings. The summed E-state index contributed by atoms with van der Waals surface area (Å²) in [4.78, 5) is 24.9. The molecule has 19 heavy (non-hydrogen) atoms. The zero-order chi connectivity index (χ0) is 13.0. The Morgan fingerprint density at radius 3 is 2.89 bits per heavy atom. The van der Waals surface area contributed by atoms with E-state index in [1.54, 1.807) is 11.9 Å². The van der Waals surface area contributed by atoms with Crippen LogP contribution in [0.5, 0.6) is 0 Å². The van der Waals surface area contributed by atoms with Crippen LogP contribution in [0.2, 0.25) is 0 Å². The van der Waals surface area contributed by atoms with E-state index in [2.05, 4.69) is 10.6 Å². The van der Waals surface area contributed by atoms with Crippen LogP contribution in [0.1, 0.15) is 25.7 Å². The maximum Gasteiger partial charge on any atom is 0.225 e. The fourth-order valence-corrected chi connectivity index (χ4v) is 2.75. The molecule has 0 spiro atoms. The minimum atomic E-state index is -0.146. The quantitative estimate of drug-likeness (QED) is 0.787. The van der Waals surface area contributed by atoms with Crippen LogP contribution in [0.15, 0.2) is 0 Å². The summed E-state index contributed by atoms with van der Waals surface area (Å²) in [5, 5.41) is 6.34. The SMILES string of the molecule is CN1CC(C(=O)NCCC2CCCNC2)CC1=O.Cl. The molecule has 110 valence electrons. The molecule has 2 aliphatic heterocycles. The lowest BCUT2D eigenvalue weighted by atomic mass is 9.96. The largest absolute Gasteiger partial charge is 0.356 e. The Kier molecular flexibility index (Phi) is 6.58. The predicted molar refractivity (Wildman–Crippen MR) is 76.2 cm³/mol. The lowest BCUT2D eigenvalue weighted by molar-refractivity contribution is -0.128. The van der Waals surface area contributed by atoms with Crippen LogP contribution in [-0.4, -0.2) is 49.9 Å². The second-order valence-corrected chi connectivity index (χ2v) is 5.47. The average molecular weight is 290 g/mol. The van der Waals surface area contributed by atoms with Gasteiger partial charge in [0.05, 0.1) is 5.92 Å². The minimum absolute atomic E-state index is 0. The number of piperidine rings is 1. The van der Waals surface area contributed by atoms with E-state index in [-0.39, 0.29) is 30.1 Å². The van der Waals surface area contributed by atoms with Crippen molar-refractivity contribution in [2.45, 2.75) is 25.7 Å². The average Bonchev–Trinajstić information content (AvgIpc) is 2.71. The number of hydrogen-bond donors (Lipinski definition) is 2. The fourth-order valence-electron chi connectivity index (χ4n) is 2.75. The summed E-state index contributed by atoms with van der Waals surface area (Å²) < 4.78 is 0. The highest BCUT2D eigenvalue weighted by Crippen LogP contribution is 2.16. The number of halogens is 1. The molecule has 2 atom stereocenters.